The molecular weight excluding hydrogens is 271 g/mol. The van der Waals surface area contributed by atoms with Gasteiger partial charge < -0.3 is 9.84 Å². The average molecular weight is 277 g/mol. The minimum atomic E-state index is -0.445. The van der Waals surface area contributed by atoms with Crippen molar-refractivity contribution >= 4 is 34.9 Å². The number of aliphatic hydroxyl groups is 1. The van der Waals surface area contributed by atoms with Crippen LogP contribution in [0.1, 0.15) is 0 Å². The van der Waals surface area contributed by atoms with Crippen LogP contribution in [-0.4, -0.2) is 20.6 Å². The standard InChI is InChI=1S/C9H6Cl2N2O2S/c10-6-2-1-5(3-7(6)11)8-9(15-4-14)13-16-12-8/h1-3,14H,4H2. The molecule has 0 saturated heterocycles. The molecule has 7 heteroatoms. The van der Waals surface area contributed by atoms with Gasteiger partial charge in [-0.1, -0.05) is 29.3 Å². The topological polar surface area (TPSA) is 55.2 Å². The van der Waals surface area contributed by atoms with Gasteiger partial charge in [0.2, 0.25) is 0 Å². The molecule has 2 rings (SSSR count). The minimum Gasteiger partial charge on any atom is -0.448 e. The summed E-state index contributed by atoms with van der Waals surface area (Å²) < 4.78 is 12.9. The van der Waals surface area contributed by atoms with E-state index in [0.717, 1.165) is 17.3 Å². The Morgan fingerprint density at radius 2 is 2.06 bits per heavy atom. The average Bonchev–Trinajstić information content (AvgIpc) is 2.71. The predicted octanol–water partition coefficient (Wildman–Crippen LogP) is 2.84. The fraction of sp³-hybridized carbons (Fsp3) is 0.111. The smallest absolute Gasteiger partial charge is 0.256 e. The Hall–Kier alpha value is -0.880. The van der Waals surface area contributed by atoms with Gasteiger partial charge in [0.05, 0.1) is 21.8 Å². The van der Waals surface area contributed by atoms with Crippen molar-refractivity contribution in [2.45, 2.75) is 0 Å². The minimum absolute atomic E-state index is 0.283. The van der Waals surface area contributed by atoms with Crippen molar-refractivity contribution in [2.24, 2.45) is 0 Å². The third-order valence-electron chi connectivity index (χ3n) is 1.85. The second-order valence-corrected chi connectivity index (χ2v) is 4.16. The number of hydrogen-bond donors (Lipinski definition) is 1. The molecule has 2 aromatic rings. The zero-order valence-corrected chi connectivity index (χ0v) is 10.2. The largest absolute Gasteiger partial charge is 0.448 e. The van der Waals surface area contributed by atoms with Crippen LogP contribution in [0.4, 0.5) is 0 Å². The Balaban J connectivity index is 2.42. The van der Waals surface area contributed by atoms with Crippen molar-refractivity contribution in [3.63, 3.8) is 0 Å². The highest BCUT2D eigenvalue weighted by Crippen LogP contribution is 2.32. The van der Waals surface area contributed by atoms with Crippen molar-refractivity contribution in [3.8, 4) is 17.1 Å². The first-order chi connectivity index (χ1) is 7.72. The maximum atomic E-state index is 8.68. The van der Waals surface area contributed by atoms with E-state index in [2.05, 4.69) is 8.75 Å². The molecule has 0 radical (unpaired) electrons. The number of aromatic nitrogens is 2. The second-order valence-electron chi connectivity index (χ2n) is 2.82. The van der Waals surface area contributed by atoms with Gasteiger partial charge in [-0.25, -0.2) is 0 Å². The molecule has 4 nitrogen and oxygen atoms in total. The van der Waals surface area contributed by atoms with Gasteiger partial charge in [-0.15, -0.1) is 4.37 Å². The number of benzene rings is 1. The van der Waals surface area contributed by atoms with E-state index >= 15 is 0 Å². The zero-order valence-electron chi connectivity index (χ0n) is 7.85. The Morgan fingerprint density at radius 3 is 2.75 bits per heavy atom. The van der Waals surface area contributed by atoms with Crippen molar-refractivity contribution < 1.29 is 9.84 Å². The van der Waals surface area contributed by atoms with Crippen LogP contribution in [0.5, 0.6) is 5.88 Å². The summed E-state index contributed by atoms with van der Waals surface area (Å²) in [6.07, 6.45) is 0. The van der Waals surface area contributed by atoms with Crippen LogP contribution in [0, 0.1) is 0 Å². The molecule has 0 spiro atoms. The lowest BCUT2D eigenvalue weighted by molar-refractivity contribution is 0.0955. The third kappa shape index (κ3) is 2.27. The number of rotatable bonds is 3. The Bertz CT molecular complexity index is 504. The maximum Gasteiger partial charge on any atom is 0.256 e. The SMILES string of the molecule is OCOc1nsnc1-c1ccc(Cl)c(Cl)c1. The van der Waals surface area contributed by atoms with Gasteiger partial charge in [-0.3, -0.25) is 0 Å². The van der Waals surface area contributed by atoms with Gasteiger partial charge in [0.15, 0.2) is 6.79 Å². The van der Waals surface area contributed by atoms with Crippen LogP contribution in [0.15, 0.2) is 18.2 Å². The molecule has 0 bridgehead atoms. The Labute approximate surface area is 106 Å². The molecular formula is C9H6Cl2N2O2S. The molecule has 0 unspecified atom stereocenters. The molecule has 1 aromatic heterocycles. The lowest BCUT2D eigenvalue weighted by atomic mass is 10.2. The van der Waals surface area contributed by atoms with Gasteiger partial charge in [0, 0.05) is 5.56 Å². The number of hydrogen-bond acceptors (Lipinski definition) is 5. The first-order valence-electron chi connectivity index (χ1n) is 4.24. The van der Waals surface area contributed by atoms with Crippen LogP contribution in [0.25, 0.3) is 11.3 Å². The highest BCUT2D eigenvalue weighted by Gasteiger charge is 2.12. The molecule has 1 N–H and O–H groups in total. The van der Waals surface area contributed by atoms with Gasteiger partial charge in [-0.2, -0.15) is 4.37 Å². The molecule has 0 atom stereocenters. The molecule has 16 heavy (non-hydrogen) atoms. The summed E-state index contributed by atoms with van der Waals surface area (Å²) in [5, 5.41) is 9.58. The second kappa shape index (κ2) is 4.97. The van der Waals surface area contributed by atoms with E-state index in [1.54, 1.807) is 18.2 Å². The van der Waals surface area contributed by atoms with Crippen LogP contribution in [-0.2, 0) is 0 Å². The van der Waals surface area contributed by atoms with E-state index < -0.39 is 6.79 Å². The monoisotopic (exact) mass is 276 g/mol. The maximum absolute atomic E-state index is 8.68. The summed E-state index contributed by atoms with van der Waals surface area (Å²) in [5.41, 5.74) is 1.28. The summed E-state index contributed by atoms with van der Waals surface area (Å²) in [6, 6.07) is 5.10. The summed E-state index contributed by atoms with van der Waals surface area (Å²) in [5.74, 6) is 0.283. The van der Waals surface area contributed by atoms with Crippen molar-refractivity contribution in [1.82, 2.24) is 8.75 Å². The van der Waals surface area contributed by atoms with E-state index in [0.29, 0.717) is 15.7 Å². The molecule has 0 aliphatic rings. The Morgan fingerprint density at radius 1 is 1.25 bits per heavy atom. The summed E-state index contributed by atoms with van der Waals surface area (Å²) in [4.78, 5) is 0. The van der Waals surface area contributed by atoms with E-state index in [4.69, 9.17) is 33.0 Å². The predicted molar refractivity (Wildman–Crippen MR) is 63.1 cm³/mol. The van der Waals surface area contributed by atoms with Crippen LogP contribution < -0.4 is 4.74 Å². The molecule has 0 amide bonds. The highest BCUT2D eigenvalue weighted by molar-refractivity contribution is 6.99. The summed E-state index contributed by atoms with van der Waals surface area (Å²) >= 11 is 12.7. The fourth-order valence-electron chi connectivity index (χ4n) is 1.16. The third-order valence-corrected chi connectivity index (χ3v) is 3.10. The van der Waals surface area contributed by atoms with Gasteiger partial charge >= 0.3 is 0 Å². The number of halogens is 2. The van der Waals surface area contributed by atoms with E-state index in [1.165, 1.54) is 0 Å². The molecule has 0 aliphatic heterocycles. The van der Waals surface area contributed by atoms with Crippen molar-refractivity contribution in [1.29, 1.82) is 0 Å². The summed E-state index contributed by atoms with van der Waals surface area (Å²) in [7, 11) is 0. The quantitative estimate of drug-likeness (QED) is 0.876. The number of aliphatic hydroxyl groups excluding tert-OH is 1. The van der Waals surface area contributed by atoms with Crippen molar-refractivity contribution in [3.05, 3.63) is 28.2 Å². The molecule has 1 aromatic carbocycles. The van der Waals surface area contributed by atoms with Crippen LogP contribution in [0.3, 0.4) is 0 Å². The fourth-order valence-corrected chi connectivity index (χ4v) is 1.97. The van der Waals surface area contributed by atoms with E-state index in [-0.39, 0.29) is 5.88 Å². The first kappa shape index (κ1) is 11.6. The lowest BCUT2D eigenvalue weighted by Crippen LogP contribution is -1.96. The van der Waals surface area contributed by atoms with E-state index in [1.807, 2.05) is 0 Å². The normalized spacial score (nSPS) is 10.4. The van der Waals surface area contributed by atoms with Gasteiger partial charge in [0.1, 0.15) is 5.69 Å². The molecule has 0 saturated carbocycles. The van der Waals surface area contributed by atoms with E-state index in [9.17, 15) is 0 Å². The molecule has 0 fully saturated rings. The zero-order chi connectivity index (χ0) is 11.5. The first-order valence-corrected chi connectivity index (χ1v) is 5.72. The van der Waals surface area contributed by atoms with Crippen LogP contribution >= 0.6 is 34.9 Å². The number of nitrogens with zero attached hydrogens (tertiary/aromatic N) is 2. The molecule has 1 heterocycles. The van der Waals surface area contributed by atoms with Crippen molar-refractivity contribution in [2.75, 3.05) is 6.79 Å². The lowest BCUT2D eigenvalue weighted by Gasteiger charge is -2.02. The van der Waals surface area contributed by atoms with Crippen LogP contribution in [0.2, 0.25) is 10.0 Å². The highest BCUT2D eigenvalue weighted by atomic mass is 35.5. The molecule has 0 aliphatic carbocycles. The van der Waals surface area contributed by atoms with Gasteiger partial charge in [0.25, 0.3) is 5.88 Å². The number of ether oxygens (including phenoxy) is 1. The molecule has 84 valence electrons. The summed E-state index contributed by atoms with van der Waals surface area (Å²) in [6.45, 7) is -0.445. The Kier molecular flexibility index (Phi) is 3.60. The van der Waals surface area contributed by atoms with Gasteiger partial charge in [-0.05, 0) is 12.1 Å².